The minimum atomic E-state index is 1.28. The van der Waals surface area contributed by atoms with Crippen LogP contribution >= 0.6 is 0 Å². The largest absolute Gasteiger partial charge is 0.0754 e. The van der Waals surface area contributed by atoms with Crippen molar-refractivity contribution in [1.82, 2.24) is 0 Å². The lowest BCUT2D eigenvalue weighted by atomic mass is 9.97. The smallest absolute Gasteiger partial charge is 0.0137 e. The molecule has 0 bridgehead atoms. The molecule has 0 aromatic carbocycles. The number of fused-ring (bicyclic) bond motifs is 2. The van der Waals surface area contributed by atoms with Crippen LogP contribution in [0.25, 0.3) is 0 Å². The molecule has 0 aromatic heterocycles. The lowest BCUT2D eigenvalue weighted by molar-refractivity contribution is 1.45. The third-order valence-electron chi connectivity index (χ3n) is 2.76. The summed E-state index contributed by atoms with van der Waals surface area (Å²) in [6.07, 6.45) is 23.5. The minimum Gasteiger partial charge on any atom is -0.0754 e. The molecule has 0 amide bonds. The molecule has 3 aliphatic rings. The fraction of sp³-hybridized carbons (Fsp3) is 0. The Bertz CT molecular complexity index is 500. The predicted octanol–water partition coefficient (Wildman–Crippen LogP) is 3.61. The maximum Gasteiger partial charge on any atom is 0.0137 e. The normalized spacial score (nSPS) is 21.9. The molecule has 0 spiro atoms. The van der Waals surface area contributed by atoms with E-state index in [2.05, 4.69) is 67.2 Å². The van der Waals surface area contributed by atoms with Gasteiger partial charge in [0.05, 0.1) is 0 Å². The molecule has 71 valence electrons. The van der Waals surface area contributed by atoms with Crippen LogP contribution in [0.4, 0.5) is 0 Å². The Kier molecular flexibility index (Phi) is 1.92. The van der Waals surface area contributed by atoms with E-state index < -0.39 is 0 Å². The van der Waals surface area contributed by atoms with Crippen LogP contribution < -0.4 is 0 Å². The van der Waals surface area contributed by atoms with Crippen LogP contribution in [0.15, 0.2) is 83.1 Å². The summed E-state index contributed by atoms with van der Waals surface area (Å²) in [4.78, 5) is 0. The molecule has 0 heteroatoms. The first-order valence-corrected chi connectivity index (χ1v) is 5.15. The number of rotatable bonds is 0. The van der Waals surface area contributed by atoms with Crippen molar-refractivity contribution in [2.75, 3.05) is 0 Å². The van der Waals surface area contributed by atoms with Gasteiger partial charge in [0.25, 0.3) is 0 Å². The molecule has 0 aromatic rings. The van der Waals surface area contributed by atoms with Gasteiger partial charge in [-0.15, -0.1) is 0 Å². The van der Waals surface area contributed by atoms with E-state index >= 15 is 0 Å². The Morgan fingerprint density at radius 1 is 0.533 bits per heavy atom. The Balaban J connectivity index is 2.24. The van der Waals surface area contributed by atoms with Gasteiger partial charge in [-0.2, -0.15) is 0 Å². The van der Waals surface area contributed by atoms with Gasteiger partial charge < -0.3 is 0 Å². The van der Waals surface area contributed by atoms with Crippen molar-refractivity contribution in [3.05, 3.63) is 89.5 Å². The summed E-state index contributed by atoms with van der Waals surface area (Å²) in [5.74, 6) is 0. The van der Waals surface area contributed by atoms with Crippen LogP contribution in [0, 0.1) is 6.42 Å². The molecular weight excluding hydrogens is 180 g/mol. The summed E-state index contributed by atoms with van der Waals surface area (Å²) in [7, 11) is 0. The summed E-state index contributed by atoms with van der Waals surface area (Å²) in [5.41, 5.74) is 5.22. The summed E-state index contributed by atoms with van der Waals surface area (Å²) in [6.45, 7) is 0. The first kappa shape index (κ1) is 8.49. The third-order valence-corrected chi connectivity index (χ3v) is 2.76. The summed E-state index contributed by atoms with van der Waals surface area (Å²) < 4.78 is 0. The van der Waals surface area contributed by atoms with Crippen LogP contribution in [0.2, 0.25) is 0 Å². The van der Waals surface area contributed by atoms with Gasteiger partial charge >= 0.3 is 0 Å². The quantitative estimate of drug-likeness (QED) is 0.548. The maximum atomic E-state index is 2.18. The average Bonchev–Trinajstić information content (AvgIpc) is 2.49. The third kappa shape index (κ3) is 1.39. The van der Waals surface area contributed by atoms with Crippen LogP contribution in [0.3, 0.4) is 0 Å². The van der Waals surface area contributed by atoms with E-state index in [1.807, 2.05) is 0 Å². The van der Waals surface area contributed by atoms with Gasteiger partial charge in [-0.3, -0.25) is 0 Å². The Hall–Kier alpha value is -1.82. The van der Waals surface area contributed by atoms with Crippen molar-refractivity contribution in [2.45, 2.75) is 0 Å². The Morgan fingerprint density at radius 2 is 1.33 bits per heavy atom. The van der Waals surface area contributed by atoms with Crippen LogP contribution in [0.5, 0.6) is 0 Å². The highest BCUT2D eigenvalue weighted by Gasteiger charge is 2.15. The maximum absolute atomic E-state index is 2.18. The van der Waals surface area contributed by atoms with E-state index in [0.717, 1.165) is 0 Å². The molecule has 0 atom stereocenters. The Labute approximate surface area is 90.0 Å². The highest BCUT2D eigenvalue weighted by molar-refractivity contribution is 5.67. The Morgan fingerprint density at radius 3 is 2.33 bits per heavy atom. The summed E-state index contributed by atoms with van der Waals surface area (Å²) >= 11 is 0. The highest BCUT2D eigenvalue weighted by atomic mass is 14.2. The van der Waals surface area contributed by atoms with E-state index in [-0.39, 0.29) is 0 Å². The van der Waals surface area contributed by atoms with Gasteiger partial charge in [0.1, 0.15) is 0 Å². The van der Waals surface area contributed by atoms with Crippen molar-refractivity contribution in [1.29, 1.82) is 0 Å². The molecule has 0 unspecified atom stereocenters. The first-order valence-electron chi connectivity index (χ1n) is 5.15. The summed E-state index contributed by atoms with van der Waals surface area (Å²) in [6, 6.07) is 0. The van der Waals surface area contributed by atoms with E-state index in [4.69, 9.17) is 0 Å². The standard InChI is InChI=1S/C15H11/c1-2-6-12-7-4-8-13-9-5-11-15(13)14(12)10-3-1/h1-11H. The molecule has 3 rings (SSSR count). The zero-order chi connectivity index (χ0) is 10.1. The van der Waals surface area contributed by atoms with E-state index in [0.29, 0.717) is 0 Å². The van der Waals surface area contributed by atoms with Gasteiger partial charge in [-0.25, -0.2) is 0 Å². The summed E-state index contributed by atoms with van der Waals surface area (Å²) in [5, 5.41) is 0. The molecule has 0 N–H and O–H groups in total. The lowest BCUT2D eigenvalue weighted by Crippen LogP contribution is -1.89. The minimum absolute atomic E-state index is 1.28. The van der Waals surface area contributed by atoms with Crippen molar-refractivity contribution in [3.63, 3.8) is 0 Å². The monoisotopic (exact) mass is 191 g/mol. The zero-order valence-corrected chi connectivity index (χ0v) is 8.35. The molecule has 1 radical (unpaired) electrons. The molecule has 0 aliphatic heterocycles. The molecule has 0 saturated heterocycles. The van der Waals surface area contributed by atoms with E-state index in [1.54, 1.807) is 0 Å². The number of allylic oxidation sites excluding steroid dienone is 14. The second-order valence-corrected chi connectivity index (χ2v) is 3.70. The molecular formula is C15H11. The van der Waals surface area contributed by atoms with E-state index in [9.17, 15) is 0 Å². The van der Waals surface area contributed by atoms with Crippen molar-refractivity contribution < 1.29 is 0 Å². The van der Waals surface area contributed by atoms with Gasteiger partial charge in [-0.05, 0) is 22.3 Å². The van der Waals surface area contributed by atoms with Crippen molar-refractivity contribution in [2.24, 2.45) is 0 Å². The van der Waals surface area contributed by atoms with E-state index in [1.165, 1.54) is 22.3 Å². The second kappa shape index (κ2) is 3.39. The van der Waals surface area contributed by atoms with Gasteiger partial charge in [0.15, 0.2) is 0 Å². The first-order chi connectivity index (χ1) is 7.45. The highest BCUT2D eigenvalue weighted by Crippen LogP contribution is 2.33. The van der Waals surface area contributed by atoms with Crippen molar-refractivity contribution >= 4 is 0 Å². The topological polar surface area (TPSA) is 0 Å². The van der Waals surface area contributed by atoms with Crippen LogP contribution in [-0.4, -0.2) is 0 Å². The zero-order valence-electron chi connectivity index (χ0n) is 8.35. The molecule has 0 nitrogen and oxygen atoms in total. The van der Waals surface area contributed by atoms with Crippen LogP contribution in [-0.2, 0) is 0 Å². The molecule has 0 heterocycles. The number of hydrogen-bond donors (Lipinski definition) is 0. The van der Waals surface area contributed by atoms with Crippen molar-refractivity contribution in [3.8, 4) is 0 Å². The molecule has 3 aliphatic carbocycles. The number of hydrogen-bond acceptors (Lipinski definition) is 0. The molecule has 15 heavy (non-hydrogen) atoms. The fourth-order valence-electron chi connectivity index (χ4n) is 2.03. The molecule has 0 saturated carbocycles. The fourth-order valence-corrected chi connectivity index (χ4v) is 2.03. The van der Waals surface area contributed by atoms with Gasteiger partial charge in [0, 0.05) is 6.42 Å². The second-order valence-electron chi connectivity index (χ2n) is 3.70. The predicted molar refractivity (Wildman–Crippen MR) is 64.1 cm³/mol. The van der Waals surface area contributed by atoms with Crippen LogP contribution in [0.1, 0.15) is 0 Å². The van der Waals surface area contributed by atoms with Gasteiger partial charge in [-0.1, -0.05) is 60.8 Å². The lowest BCUT2D eigenvalue weighted by Gasteiger charge is -2.07. The van der Waals surface area contributed by atoms with Gasteiger partial charge in [0.2, 0.25) is 0 Å². The molecule has 0 fully saturated rings. The SMILES string of the molecule is [CH]1C=CC2=CC=CC3=CC=CC=CC3=C12. The average molecular weight is 191 g/mol.